The van der Waals surface area contributed by atoms with Crippen molar-refractivity contribution in [2.75, 3.05) is 5.32 Å². The minimum absolute atomic E-state index is 0.0568. The number of H-pyrrole nitrogens is 1. The summed E-state index contributed by atoms with van der Waals surface area (Å²) in [5.41, 5.74) is -7.22. The number of hydrogen-bond acceptors (Lipinski definition) is 4. The average molecular weight is 410 g/mol. The molecule has 2 aromatic rings. The van der Waals surface area contributed by atoms with Crippen molar-refractivity contribution in [3.8, 4) is 0 Å². The molecule has 1 aromatic heterocycles. The topological polar surface area (TPSA) is 113 Å². The van der Waals surface area contributed by atoms with E-state index in [-0.39, 0.29) is 18.0 Å². The lowest BCUT2D eigenvalue weighted by atomic mass is 9.91. The Kier molecular flexibility index (Phi) is 4.85. The molecular formula is C18H17F3N4O4. The zero-order valence-electron chi connectivity index (χ0n) is 15.4. The predicted octanol–water partition coefficient (Wildman–Crippen LogP) is 1.33. The standard InChI is InChI=1S/C18H17F3N4O4/c1-9(2)8-25-12-11(14(27)23-16(25)29)17(15(28)22-12,18(19,20)21)24-13(26)10-6-4-3-5-7-10/h3-7,9H,8H2,1-2H3,(H,22,28)(H,24,26)(H,23,27,29). The molecule has 1 aliphatic rings. The first-order valence-corrected chi connectivity index (χ1v) is 8.62. The average Bonchev–Trinajstić information content (AvgIpc) is 2.93. The van der Waals surface area contributed by atoms with Crippen LogP contribution < -0.4 is 21.9 Å². The van der Waals surface area contributed by atoms with Crippen molar-refractivity contribution in [3.63, 3.8) is 0 Å². The Morgan fingerprint density at radius 3 is 2.34 bits per heavy atom. The fraction of sp³-hybridized carbons (Fsp3) is 0.333. The molecule has 11 heteroatoms. The van der Waals surface area contributed by atoms with Gasteiger partial charge in [0.25, 0.3) is 22.9 Å². The highest BCUT2D eigenvalue weighted by Crippen LogP contribution is 2.45. The van der Waals surface area contributed by atoms with Crippen LogP contribution in [0.25, 0.3) is 0 Å². The zero-order valence-corrected chi connectivity index (χ0v) is 15.4. The maximum atomic E-state index is 14.2. The first kappa shape index (κ1) is 20.4. The SMILES string of the molecule is CC(C)Cn1c2c(c(=O)[nH]c1=O)C(NC(=O)c1ccccc1)(C(F)(F)F)C(=O)N2. The minimum Gasteiger partial charge on any atom is -0.326 e. The van der Waals surface area contributed by atoms with Crippen molar-refractivity contribution >= 4 is 17.6 Å². The minimum atomic E-state index is -5.36. The van der Waals surface area contributed by atoms with Gasteiger partial charge in [-0.3, -0.25) is 23.9 Å². The van der Waals surface area contributed by atoms with Gasteiger partial charge in [-0.15, -0.1) is 0 Å². The van der Waals surface area contributed by atoms with Gasteiger partial charge in [-0.1, -0.05) is 32.0 Å². The monoisotopic (exact) mass is 410 g/mol. The van der Waals surface area contributed by atoms with Crippen LogP contribution >= 0.6 is 0 Å². The van der Waals surface area contributed by atoms with Crippen LogP contribution in [0.5, 0.6) is 0 Å². The molecule has 0 radical (unpaired) electrons. The first-order chi connectivity index (χ1) is 13.5. The van der Waals surface area contributed by atoms with Crippen LogP contribution in [-0.2, 0) is 16.9 Å². The summed E-state index contributed by atoms with van der Waals surface area (Å²) in [5, 5.41) is 3.66. The van der Waals surface area contributed by atoms with Crippen LogP contribution in [0.3, 0.4) is 0 Å². The van der Waals surface area contributed by atoms with Gasteiger partial charge in [-0.05, 0) is 18.1 Å². The van der Waals surface area contributed by atoms with E-state index in [1.54, 1.807) is 25.2 Å². The Labute approximate surface area is 161 Å². The molecule has 154 valence electrons. The normalized spacial score (nSPS) is 18.5. The number of alkyl halides is 3. The second-order valence-corrected chi connectivity index (χ2v) is 7.01. The number of hydrogen-bond donors (Lipinski definition) is 3. The number of aromatic nitrogens is 2. The van der Waals surface area contributed by atoms with E-state index < -0.39 is 46.2 Å². The van der Waals surface area contributed by atoms with Crippen molar-refractivity contribution in [2.24, 2.45) is 5.92 Å². The number of aromatic amines is 1. The molecule has 0 fully saturated rings. The molecule has 29 heavy (non-hydrogen) atoms. The Balaban J connectivity index is 2.26. The molecule has 0 aliphatic carbocycles. The van der Waals surface area contributed by atoms with E-state index in [0.29, 0.717) is 0 Å². The quantitative estimate of drug-likeness (QED) is 0.706. The number of anilines is 1. The van der Waals surface area contributed by atoms with Gasteiger partial charge in [0.05, 0.1) is 0 Å². The summed E-state index contributed by atoms with van der Waals surface area (Å²) < 4.78 is 43.4. The molecule has 0 saturated carbocycles. The van der Waals surface area contributed by atoms with E-state index in [0.717, 1.165) is 4.57 Å². The van der Waals surface area contributed by atoms with E-state index in [1.165, 1.54) is 24.3 Å². The van der Waals surface area contributed by atoms with Gasteiger partial charge in [0, 0.05) is 12.1 Å². The van der Waals surface area contributed by atoms with E-state index in [1.807, 2.05) is 10.3 Å². The van der Waals surface area contributed by atoms with Crippen molar-refractivity contribution in [1.29, 1.82) is 0 Å². The van der Waals surface area contributed by atoms with Crippen molar-refractivity contribution < 1.29 is 22.8 Å². The molecule has 0 bridgehead atoms. The Bertz CT molecular complexity index is 1090. The highest BCUT2D eigenvalue weighted by Gasteiger charge is 2.68. The van der Waals surface area contributed by atoms with Gasteiger partial charge >= 0.3 is 11.9 Å². The van der Waals surface area contributed by atoms with E-state index in [2.05, 4.69) is 0 Å². The number of halogens is 3. The summed E-state index contributed by atoms with van der Waals surface area (Å²) >= 11 is 0. The lowest BCUT2D eigenvalue weighted by Gasteiger charge is -2.30. The van der Waals surface area contributed by atoms with Crippen LogP contribution in [0.15, 0.2) is 39.9 Å². The molecule has 8 nitrogen and oxygen atoms in total. The molecule has 1 aliphatic heterocycles. The molecule has 0 saturated heterocycles. The molecule has 0 spiro atoms. The van der Waals surface area contributed by atoms with E-state index in [4.69, 9.17) is 0 Å². The maximum absolute atomic E-state index is 14.2. The Morgan fingerprint density at radius 1 is 1.17 bits per heavy atom. The number of amides is 2. The highest BCUT2D eigenvalue weighted by atomic mass is 19.4. The van der Waals surface area contributed by atoms with Gasteiger partial charge in [-0.25, -0.2) is 4.79 Å². The Hall–Kier alpha value is -3.37. The summed E-state index contributed by atoms with van der Waals surface area (Å²) in [5.74, 6) is -3.63. The molecule has 1 aromatic carbocycles. The molecule has 3 N–H and O–H groups in total. The number of nitrogens with one attached hydrogen (secondary N) is 3. The molecular weight excluding hydrogens is 393 g/mol. The predicted molar refractivity (Wildman–Crippen MR) is 96.4 cm³/mol. The fourth-order valence-corrected chi connectivity index (χ4v) is 3.20. The van der Waals surface area contributed by atoms with Gasteiger partial charge in [-0.2, -0.15) is 13.2 Å². The largest absolute Gasteiger partial charge is 0.425 e. The van der Waals surface area contributed by atoms with E-state index >= 15 is 0 Å². The van der Waals surface area contributed by atoms with Crippen molar-refractivity contribution in [3.05, 3.63) is 62.3 Å². The second-order valence-electron chi connectivity index (χ2n) is 7.01. The van der Waals surface area contributed by atoms with Crippen LogP contribution in [0.4, 0.5) is 19.0 Å². The number of carbonyl (C=O) groups excluding carboxylic acids is 2. The lowest BCUT2D eigenvalue weighted by Crippen LogP contribution is -2.62. The molecule has 1 unspecified atom stereocenters. The number of benzene rings is 1. The number of carbonyl (C=O) groups is 2. The van der Waals surface area contributed by atoms with Crippen molar-refractivity contribution in [1.82, 2.24) is 14.9 Å². The van der Waals surface area contributed by atoms with Gasteiger partial charge in [0.1, 0.15) is 11.4 Å². The summed E-state index contributed by atoms with van der Waals surface area (Å²) in [6, 6.07) is 6.95. The summed E-state index contributed by atoms with van der Waals surface area (Å²) in [6.45, 7) is 3.35. The summed E-state index contributed by atoms with van der Waals surface area (Å²) in [4.78, 5) is 51.4. The van der Waals surface area contributed by atoms with Crippen LogP contribution in [0, 0.1) is 5.92 Å². The molecule has 2 amide bonds. The third-order valence-corrected chi connectivity index (χ3v) is 4.46. The smallest absolute Gasteiger partial charge is 0.326 e. The molecule has 3 rings (SSSR count). The third-order valence-electron chi connectivity index (χ3n) is 4.46. The third kappa shape index (κ3) is 3.22. The van der Waals surface area contributed by atoms with Gasteiger partial charge < -0.3 is 10.6 Å². The highest BCUT2D eigenvalue weighted by molar-refractivity contribution is 6.09. The first-order valence-electron chi connectivity index (χ1n) is 8.62. The fourth-order valence-electron chi connectivity index (χ4n) is 3.20. The lowest BCUT2D eigenvalue weighted by molar-refractivity contribution is -0.196. The Morgan fingerprint density at radius 2 is 1.79 bits per heavy atom. The van der Waals surface area contributed by atoms with Gasteiger partial charge in [0.15, 0.2) is 0 Å². The van der Waals surface area contributed by atoms with Crippen molar-refractivity contribution in [2.45, 2.75) is 32.1 Å². The molecule has 2 heterocycles. The van der Waals surface area contributed by atoms with Crippen LogP contribution in [-0.4, -0.2) is 27.5 Å². The molecule has 1 atom stereocenters. The number of nitrogens with zero attached hydrogens (tertiary/aromatic N) is 1. The van der Waals surface area contributed by atoms with E-state index in [9.17, 15) is 32.3 Å². The summed E-state index contributed by atoms with van der Waals surface area (Å²) in [7, 11) is 0. The van der Waals surface area contributed by atoms with Crippen LogP contribution in [0.2, 0.25) is 0 Å². The maximum Gasteiger partial charge on any atom is 0.425 e. The zero-order chi connectivity index (χ0) is 21.6. The second kappa shape index (κ2) is 6.90. The van der Waals surface area contributed by atoms with Crippen LogP contribution in [0.1, 0.15) is 29.8 Å². The number of fused-ring (bicyclic) bond motifs is 1. The summed E-state index contributed by atoms with van der Waals surface area (Å²) in [6.07, 6.45) is -5.36. The van der Waals surface area contributed by atoms with Gasteiger partial charge in [0.2, 0.25) is 0 Å². The number of rotatable bonds is 4.